The molecule has 2 aliphatic carbocycles. The molecule has 0 aromatic carbocycles. The number of fused-ring (bicyclic) bond motifs is 1. The fourth-order valence-corrected chi connectivity index (χ4v) is 3.88. The van der Waals surface area contributed by atoms with Crippen LogP contribution in [0.5, 0.6) is 0 Å². The molecule has 18 heavy (non-hydrogen) atoms. The quantitative estimate of drug-likeness (QED) is 0.466. The number of terminal acetylenes is 1. The van der Waals surface area contributed by atoms with Crippen LogP contribution < -0.4 is 0 Å². The first kappa shape index (κ1) is 13.7. The van der Waals surface area contributed by atoms with Gasteiger partial charge in [0, 0.05) is 5.92 Å². The molecule has 102 valence electrons. The Labute approximate surface area is 110 Å². The molecule has 0 amide bonds. The average Bonchev–Trinajstić information content (AvgIpc) is 2.35. The first-order chi connectivity index (χ1) is 8.49. The van der Waals surface area contributed by atoms with Gasteiger partial charge in [0.2, 0.25) is 0 Å². The predicted molar refractivity (Wildman–Crippen MR) is 69.2 cm³/mol. The minimum absolute atomic E-state index is 0.0995. The topological polar surface area (TPSA) is 38.7 Å². The average molecular weight is 252 g/mol. The van der Waals surface area contributed by atoms with E-state index in [0.29, 0.717) is 17.8 Å². The van der Waals surface area contributed by atoms with Crippen molar-refractivity contribution in [1.82, 2.24) is 0 Å². The zero-order valence-electron chi connectivity index (χ0n) is 11.6. The molecule has 0 spiro atoms. The molecule has 3 heteroatoms. The minimum atomic E-state index is -0.596. The molecule has 1 N–H and O–H groups in total. The van der Waals surface area contributed by atoms with Crippen molar-refractivity contribution in [3.8, 4) is 12.5 Å². The zero-order chi connectivity index (χ0) is 13.3. The van der Waals surface area contributed by atoms with Crippen molar-refractivity contribution < 1.29 is 14.9 Å². The van der Waals surface area contributed by atoms with Crippen molar-refractivity contribution in [2.45, 2.75) is 58.2 Å². The van der Waals surface area contributed by atoms with Gasteiger partial charge in [-0.25, -0.2) is 0 Å². The summed E-state index contributed by atoms with van der Waals surface area (Å²) in [6.45, 7) is 6.61. The molecule has 0 saturated heterocycles. The molecule has 0 aromatic heterocycles. The highest BCUT2D eigenvalue weighted by molar-refractivity contribution is 5.03. The van der Waals surface area contributed by atoms with E-state index in [1.165, 1.54) is 0 Å². The van der Waals surface area contributed by atoms with Gasteiger partial charge in [0.25, 0.3) is 0 Å². The van der Waals surface area contributed by atoms with E-state index in [4.69, 9.17) is 16.2 Å². The standard InChI is InChI=1S/C15H24O3/c1-5-17-18-14-11(3)7-9-15(16)8-6-10(2)12(4)13(14)15/h1,10-14,16H,6-9H2,2-4H3. The highest BCUT2D eigenvalue weighted by atomic mass is 17.2. The molecular formula is C15H24O3. The molecule has 2 saturated carbocycles. The summed E-state index contributed by atoms with van der Waals surface area (Å²) >= 11 is 0. The van der Waals surface area contributed by atoms with Crippen LogP contribution in [-0.4, -0.2) is 16.8 Å². The maximum absolute atomic E-state index is 10.9. The van der Waals surface area contributed by atoms with Crippen LogP contribution >= 0.6 is 0 Å². The number of rotatable bonds is 2. The van der Waals surface area contributed by atoms with E-state index in [2.05, 4.69) is 26.9 Å². The lowest BCUT2D eigenvalue weighted by Gasteiger charge is -2.53. The Hall–Kier alpha value is -0.720. The largest absolute Gasteiger partial charge is 0.389 e. The highest BCUT2D eigenvalue weighted by Crippen LogP contribution is 2.51. The molecule has 2 aliphatic rings. The second kappa shape index (κ2) is 5.11. The van der Waals surface area contributed by atoms with Crippen LogP contribution in [0, 0.1) is 36.2 Å². The first-order valence-electron chi connectivity index (χ1n) is 7.00. The Morgan fingerprint density at radius 3 is 2.39 bits per heavy atom. The lowest BCUT2D eigenvalue weighted by atomic mass is 9.57. The van der Waals surface area contributed by atoms with Crippen LogP contribution in [0.25, 0.3) is 0 Å². The van der Waals surface area contributed by atoms with Gasteiger partial charge in [0.15, 0.2) is 6.11 Å². The summed E-state index contributed by atoms with van der Waals surface area (Å²) in [5.74, 6) is 1.53. The summed E-state index contributed by atoms with van der Waals surface area (Å²) in [6, 6.07) is 0. The van der Waals surface area contributed by atoms with E-state index < -0.39 is 5.60 Å². The van der Waals surface area contributed by atoms with E-state index >= 15 is 0 Å². The third-order valence-electron chi connectivity index (χ3n) is 5.27. The molecule has 0 aromatic rings. The molecule has 6 atom stereocenters. The Kier molecular flexibility index (Phi) is 3.89. The monoisotopic (exact) mass is 252 g/mol. The van der Waals surface area contributed by atoms with Crippen molar-refractivity contribution in [2.75, 3.05) is 0 Å². The van der Waals surface area contributed by atoms with Gasteiger partial charge in [-0.1, -0.05) is 27.2 Å². The second-order valence-electron chi connectivity index (χ2n) is 6.28. The van der Waals surface area contributed by atoms with Crippen molar-refractivity contribution in [3.63, 3.8) is 0 Å². The van der Waals surface area contributed by atoms with Crippen LogP contribution in [-0.2, 0) is 9.78 Å². The van der Waals surface area contributed by atoms with Crippen molar-refractivity contribution in [1.29, 1.82) is 0 Å². The molecule has 2 rings (SSSR count). The van der Waals surface area contributed by atoms with E-state index in [9.17, 15) is 5.11 Å². The molecule has 0 aliphatic heterocycles. The summed E-state index contributed by atoms with van der Waals surface area (Å²) < 4.78 is 0. The van der Waals surface area contributed by atoms with Gasteiger partial charge in [-0.05, 0) is 43.4 Å². The molecule has 2 fully saturated rings. The fraction of sp³-hybridized carbons (Fsp3) is 0.867. The van der Waals surface area contributed by atoms with Crippen LogP contribution in [0.1, 0.15) is 46.5 Å². The van der Waals surface area contributed by atoms with E-state index in [1.54, 1.807) is 0 Å². The summed E-state index contributed by atoms with van der Waals surface area (Å²) in [4.78, 5) is 10.1. The molecule has 0 bridgehead atoms. The van der Waals surface area contributed by atoms with E-state index in [-0.39, 0.29) is 12.0 Å². The van der Waals surface area contributed by atoms with Crippen molar-refractivity contribution >= 4 is 0 Å². The summed E-state index contributed by atoms with van der Waals surface area (Å²) in [6.07, 6.45) is 10.8. The van der Waals surface area contributed by atoms with Gasteiger partial charge in [0.1, 0.15) is 6.10 Å². The van der Waals surface area contributed by atoms with Crippen molar-refractivity contribution in [3.05, 3.63) is 0 Å². The molecule has 3 nitrogen and oxygen atoms in total. The lowest BCUT2D eigenvalue weighted by Crippen LogP contribution is -2.57. The number of hydrogen-bond acceptors (Lipinski definition) is 3. The molecule has 6 unspecified atom stereocenters. The molecule has 0 heterocycles. The van der Waals surface area contributed by atoms with Gasteiger partial charge in [0.05, 0.1) is 5.60 Å². The van der Waals surface area contributed by atoms with Gasteiger partial charge in [-0.3, -0.25) is 4.89 Å². The van der Waals surface area contributed by atoms with E-state index in [1.807, 2.05) is 0 Å². The van der Waals surface area contributed by atoms with Gasteiger partial charge in [-0.2, -0.15) is 4.89 Å². The Bertz CT molecular complexity index is 331. The Morgan fingerprint density at radius 2 is 1.78 bits per heavy atom. The third-order valence-corrected chi connectivity index (χ3v) is 5.27. The lowest BCUT2D eigenvalue weighted by molar-refractivity contribution is -0.327. The van der Waals surface area contributed by atoms with Gasteiger partial charge < -0.3 is 5.11 Å². The smallest absolute Gasteiger partial charge is 0.153 e. The van der Waals surface area contributed by atoms with Crippen LogP contribution in [0.15, 0.2) is 0 Å². The minimum Gasteiger partial charge on any atom is -0.389 e. The first-order valence-corrected chi connectivity index (χ1v) is 7.00. The predicted octanol–water partition coefficient (Wildman–Crippen LogP) is 2.74. The van der Waals surface area contributed by atoms with Gasteiger partial charge >= 0.3 is 0 Å². The SMILES string of the molecule is C#COOC1C(C)CCC2(O)CCC(C)C(C)C12. The number of hydrogen-bond donors (Lipinski definition) is 1. The van der Waals surface area contributed by atoms with Crippen LogP contribution in [0.2, 0.25) is 0 Å². The van der Waals surface area contributed by atoms with E-state index in [0.717, 1.165) is 25.7 Å². The fourth-order valence-electron chi connectivity index (χ4n) is 3.88. The normalized spacial score (nSPS) is 48.1. The Balaban J connectivity index is 2.22. The maximum atomic E-state index is 10.9. The van der Waals surface area contributed by atoms with Crippen molar-refractivity contribution in [2.24, 2.45) is 23.7 Å². The maximum Gasteiger partial charge on any atom is 0.153 e. The third kappa shape index (κ3) is 2.24. The Morgan fingerprint density at radius 1 is 1.17 bits per heavy atom. The number of aliphatic hydroxyl groups is 1. The summed E-state index contributed by atoms with van der Waals surface area (Å²) in [7, 11) is 0. The highest BCUT2D eigenvalue weighted by Gasteiger charge is 2.54. The van der Waals surface area contributed by atoms with Gasteiger partial charge in [-0.15, -0.1) is 0 Å². The second-order valence-corrected chi connectivity index (χ2v) is 6.28. The summed E-state index contributed by atoms with van der Waals surface area (Å²) in [5, 5.41) is 10.9. The zero-order valence-corrected chi connectivity index (χ0v) is 11.6. The summed E-state index contributed by atoms with van der Waals surface area (Å²) in [5.41, 5.74) is -0.596. The molecule has 0 radical (unpaired) electrons. The van der Waals surface area contributed by atoms with Crippen LogP contribution in [0.4, 0.5) is 0 Å². The molecular weight excluding hydrogens is 228 g/mol. The van der Waals surface area contributed by atoms with Crippen LogP contribution in [0.3, 0.4) is 0 Å².